The summed E-state index contributed by atoms with van der Waals surface area (Å²) in [5, 5.41) is 17.7. The maximum Gasteiger partial charge on any atom is 0.389 e. The third-order valence-corrected chi connectivity index (χ3v) is 5.65. The van der Waals surface area contributed by atoms with Crippen LogP contribution in [0.15, 0.2) is 36.8 Å². The molecule has 0 saturated carbocycles. The Balaban J connectivity index is 1.58. The number of carbonyl (C=O) groups is 2. The van der Waals surface area contributed by atoms with Gasteiger partial charge in [0, 0.05) is 22.8 Å². The average Bonchev–Trinajstić information content (AvgIpc) is 3.38. The monoisotopic (exact) mass is 397 g/mol. The maximum atomic E-state index is 13.0. The van der Waals surface area contributed by atoms with Crippen LogP contribution >= 0.6 is 11.3 Å². The fourth-order valence-corrected chi connectivity index (χ4v) is 4.53. The zero-order valence-electron chi connectivity index (χ0n) is 14.6. The summed E-state index contributed by atoms with van der Waals surface area (Å²) in [5.74, 6) is -0.897. The van der Waals surface area contributed by atoms with Gasteiger partial charge in [0.2, 0.25) is 5.91 Å². The molecule has 1 aliphatic carbocycles. The molecule has 1 amide bonds. The normalized spacial score (nSPS) is 12.6. The summed E-state index contributed by atoms with van der Waals surface area (Å²) in [4.78, 5) is 40.7. The molecule has 3 aromatic heterocycles. The first-order valence-electron chi connectivity index (χ1n) is 8.60. The van der Waals surface area contributed by atoms with E-state index in [1.807, 2.05) is 0 Å². The predicted octanol–water partition coefficient (Wildman–Crippen LogP) is 2.61. The number of ketones is 1. The summed E-state index contributed by atoms with van der Waals surface area (Å²) in [6.45, 7) is -0.184. The molecule has 10 heteroatoms. The minimum atomic E-state index is -0.622. The van der Waals surface area contributed by atoms with Crippen LogP contribution in [0.25, 0.3) is 0 Å². The molecular formula is C18H15N5O4S. The lowest BCUT2D eigenvalue weighted by Gasteiger charge is -2.07. The lowest BCUT2D eigenvalue weighted by Crippen LogP contribution is -2.20. The molecule has 0 unspecified atom stereocenters. The molecular weight excluding hydrogens is 382 g/mol. The SMILES string of the molecule is O=C(Cn1ccc([N+](=O)[O-])n1)Nc1sc2c(c1C(=O)c1cccnc1)CCC2. The Morgan fingerprint density at radius 1 is 1.32 bits per heavy atom. The van der Waals surface area contributed by atoms with E-state index in [9.17, 15) is 19.7 Å². The van der Waals surface area contributed by atoms with Crippen LogP contribution in [0.3, 0.4) is 0 Å². The summed E-state index contributed by atoms with van der Waals surface area (Å²) in [6, 6.07) is 4.62. The van der Waals surface area contributed by atoms with Crippen molar-refractivity contribution in [1.82, 2.24) is 14.8 Å². The maximum absolute atomic E-state index is 13.0. The van der Waals surface area contributed by atoms with Gasteiger partial charge in [0.15, 0.2) is 5.78 Å². The second kappa shape index (κ2) is 7.31. The van der Waals surface area contributed by atoms with Crippen molar-refractivity contribution in [1.29, 1.82) is 0 Å². The van der Waals surface area contributed by atoms with E-state index in [1.165, 1.54) is 34.5 Å². The number of carbonyl (C=O) groups excluding carboxylic acids is 2. The molecule has 0 fully saturated rings. The Morgan fingerprint density at radius 2 is 2.18 bits per heavy atom. The highest BCUT2D eigenvalue weighted by molar-refractivity contribution is 7.17. The highest BCUT2D eigenvalue weighted by Crippen LogP contribution is 2.40. The predicted molar refractivity (Wildman–Crippen MR) is 102 cm³/mol. The summed E-state index contributed by atoms with van der Waals surface area (Å²) in [7, 11) is 0. The van der Waals surface area contributed by atoms with Gasteiger partial charge in [0.05, 0.1) is 22.9 Å². The van der Waals surface area contributed by atoms with Crippen molar-refractivity contribution in [3.63, 3.8) is 0 Å². The van der Waals surface area contributed by atoms with E-state index in [1.54, 1.807) is 18.3 Å². The zero-order chi connectivity index (χ0) is 19.7. The Hall–Kier alpha value is -3.40. The van der Waals surface area contributed by atoms with Crippen molar-refractivity contribution in [2.75, 3.05) is 5.32 Å². The molecule has 28 heavy (non-hydrogen) atoms. The molecule has 0 aromatic carbocycles. The van der Waals surface area contributed by atoms with Crippen molar-refractivity contribution in [2.45, 2.75) is 25.8 Å². The molecule has 0 spiro atoms. The van der Waals surface area contributed by atoms with E-state index in [0.29, 0.717) is 16.1 Å². The van der Waals surface area contributed by atoms with Crippen LogP contribution in [0.1, 0.15) is 32.8 Å². The standard InChI is InChI=1S/C18H15N5O4S/c24-15(10-22-8-6-14(21-22)23(26)27)20-18-16(12-4-1-5-13(12)28-18)17(25)11-3-2-7-19-9-11/h2-3,6-9H,1,4-5,10H2,(H,20,24). The van der Waals surface area contributed by atoms with E-state index in [0.717, 1.165) is 29.7 Å². The first kappa shape index (κ1) is 18.0. The number of hydrogen-bond donors (Lipinski definition) is 1. The number of aromatic nitrogens is 3. The van der Waals surface area contributed by atoms with Crippen LogP contribution < -0.4 is 5.32 Å². The van der Waals surface area contributed by atoms with Gasteiger partial charge in [-0.05, 0) is 41.9 Å². The molecule has 0 aliphatic heterocycles. The first-order chi connectivity index (χ1) is 13.5. The van der Waals surface area contributed by atoms with Gasteiger partial charge >= 0.3 is 5.82 Å². The quantitative estimate of drug-likeness (QED) is 0.388. The number of nitrogens with one attached hydrogen (secondary N) is 1. The Kier molecular flexibility index (Phi) is 4.70. The third kappa shape index (κ3) is 3.41. The van der Waals surface area contributed by atoms with Crippen molar-refractivity contribution >= 4 is 33.8 Å². The molecule has 0 atom stereocenters. The minimum absolute atomic E-state index is 0.169. The van der Waals surface area contributed by atoms with Gasteiger partial charge in [-0.2, -0.15) is 4.68 Å². The van der Waals surface area contributed by atoms with E-state index >= 15 is 0 Å². The van der Waals surface area contributed by atoms with Crippen LogP contribution in [0.2, 0.25) is 0 Å². The summed E-state index contributed by atoms with van der Waals surface area (Å²) in [6.07, 6.45) is 7.15. The number of amides is 1. The second-order valence-corrected chi connectivity index (χ2v) is 7.41. The number of rotatable bonds is 6. The Bertz CT molecular complexity index is 1070. The van der Waals surface area contributed by atoms with Crippen molar-refractivity contribution in [3.8, 4) is 0 Å². The molecule has 0 radical (unpaired) electrons. The molecule has 1 aliphatic rings. The van der Waals surface area contributed by atoms with Crippen molar-refractivity contribution in [3.05, 3.63) is 68.5 Å². The number of nitrogens with zero attached hydrogens (tertiary/aromatic N) is 4. The largest absolute Gasteiger partial charge is 0.389 e. The lowest BCUT2D eigenvalue weighted by atomic mass is 10.0. The Morgan fingerprint density at radius 3 is 2.89 bits per heavy atom. The van der Waals surface area contributed by atoms with E-state index in [2.05, 4.69) is 15.4 Å². The van der Waals surface area contributed by atoms with Gasteiger partial charge in [0.25, 0.3) is 0 Å². The molecule has 0 saturated heterocycles. The van der Waals surface area contributed by atoms with Gasteiger partial charge in [-0.15, -0.1) is 11.3 Å². The summed E-state index contributed by atoms with van der Waals surface area (Å²) in [5.41, 5.74) is 1.97. The topological polar surface area (TPSA) is 120 Å². The van der Waals surface area contributed by atoms with Gasteiger partial charge in [-0.25, -0.2) is 0 Å². The minimum Gasteiger partial charge on any atom is -0.358 e. The fourth-order valence-electron chi connectivity index (χ4n) is 3.22. The molecule has 9 nitrogen and oxygen atoms in total. The highest BCUT2D eigenvalue weighted by atomic mass is 32.1. The highest BCUT2D eigenvalue weighted by Gasteiger charge is 2.28. The van der Waals surface area contributed by atoms with Crippen molar-refractivity contribution < 1.29 is 14.5 Å². The van der Waals surface area contributed by atoms with Crippen molar-refractivity contribution in [2.24, 2.45) is 0 Å². The number of fused-ring (bicyclic) bond motifs is 1. The number of nitro groups is 1. The van der Waals surface area contributed by atoms with E-state index in [-0.39, 0.29) is 18.1 Å². The van der Waals surface area contributed by atoms with Gasteiger partial charge in [0.1, 0.15) is 11.5 Å². The average molecular weight is 397 g/mol. The van der Waals surface area contributed by atoms with Gasteiger partial charge in [-0.1, -0.05) is 0 Å². The number of thiophene rings is 1. The second-order valence-electron chi connectivity index (χ2n) is 6.31. The number of pyridine rings is 1. The van der Waals surface area contributed by atoms with Crippen LogP contribution in [0, 0.1) is 10.1 Å². The lowest BCUT2D eigenvalue weighted by molar-refractivity contribution is -0.389. The fraction of sp³-hybridized carbons (Fsp3) is 0.222. The summed E-state index contributed by atoms with van der Waals surface area (Å²) < 4.78 is 1.19. The van der Waals surface area contributed by atoms with E-state index < -0.39 is 10.8 Å². The van der Waals surface area contributed by atoms with Crippen LogP contribution in [0.5, 0.6) is 0 Å². The molecule has 142 valence electrons. The number of anilines is 1. The van der Waals surface area contributed by atoms with Crippen LogP contribution in [0.4, 0.5) is 10.8 Å². The zero-order valence-corrected chi connectivity index (χ0v) is 15.4. The molecule has 3 aromatic rings. The number of aryl methyl sites for hydroxylation is 1. The van der Waals surface area contributed by atoms with Crippen LogP contribution in [-0.4, -0.2) is 31.4 Å². The van der Waals surface area contributed by atoms with E-state index in [4.69, 9.17) is 0 Å². The summed E-state index contributed by atoms with van der Waals surface area (Å²) >= 11 is 1.41. The Labute approximate surface area is 163 Å². The molecule has 3 heterocycles. The molecule has 0 bridgehead atoms. The molecule has 1 N–H and O–H groups in total. The molecule has 4 rings (SSSR count). The van der Waals surface area contributed by atoms with Gasteiger partial charge in [-0.3, -0.25) is 14.6 Å². The van der Waals surface area contributed by atoms with Gasteiger partial charge < -0.3 is 15.4 Å². The van der Waals surface area contributed by atoms with Crippen LogP contribution in [-0.2, 0) is 24.2 Å². The smallest absolute Gasteiger partial charge is 0.358 e. The first-order valence-corrected chi connectivity index (χ1v) is 9.41. The third-order valence-electron chi connectivity index (χ3n) is 4.44. The number of hydrogen-bond acceptors (Lipinski definition) is 7.